The molecular formula is C14H13N3O2. The molecular weight excluding hydrogens is 242 g/mol. The normalized spacial score (nSPS) is 10.5. The van der Waals surface area contributed by atoms with E-state index in [4.69, 9.17) is 10.8 Å². The number of nitrogens with two attached hydrogens (primary N) is 1. The Morgan fingerprint density at radius 3 is 2.37 bits per heavy atom. The van der Waals surface area contributed by atoms with Crippen LogP contribution < -0.4 is 11.2 Å². The molecule has 0 fully saturated rings. The molecule has 19 heavy (non-hydrogen) atoms. The second-order valence-electron chi connectivity index (χ2n) is 3.91. The van der Waals surface area contributed by atoms with Crippen LogP contribution in [0.1, 0.15) is 15.9 Å². The highest BCUT2D eigenvalue weighted by molar-refractivity contribution is 5.95. The first-order valence-electron chi connectivity index (χ1n) is 5.63. The summed E-state index contributed by atoms with van der Waals surface area (Å²) < 4.78 is 0. The van der Waals surface area contributed by atoms with E-state index in [0.29, 0.717) is 11.3 Å². The van der Waals surface area contributed by atoms with Crippen molar-refractivity contribution in [1.29, 1.82) is 0 Å². The molecule has 0 atom stereocenters. The molecule has 0 aliphatic rings. The molecule has 5 nitrogen and oxygen atoms in total. The van der Waals surface area contributed by atoms with Gasteiger partial charge in [0.05, 0.1) is 6.21 Å². The summed E-state index contributed by atoms with van der Waals surface area (Å²) in [5.74, 6) is -0.228. The number of rotatable bonds is 3. The van der Waals surface area contributed by atoms with Crippen LogP contribution in [0.2, 0.25) is 0 Å². The van der Waals surface area contributed by atoms with E-state index < -0.39 is 0 Å². The van der Waals surface area contributed by atoms with Crippen LogP contribution in [0.15, 0.2) is 53.6 Å². The van der Waals surface area contributed by atoms with E-state index in [1.807, 2.05) is 0 Å². The van der Waals surface area contributed by atoms with E-state index in [1.165, 1.54) is 30.5 Å². The number of hydrogen-bond acceptors (Lipinski definition) is 4. The van der Waals surface area contributed by atoms with Crippen LogP contribution in [0, 0.1) is 0 Å². The first kappa shape index (κ1) is 12.6. The maximum atomic E-state index is 11.7. The van der Waals surface area contributed by atoms with Crippen LogP contribution >= 0.6 is 0 Å². The van der Waals surface area contributed by atoms with Crippen molar-refractivity contribution in [2.24, 2.45) is 5.10 Å². The van der Waals surface area contributed by atoms with Crippen LogP contribution in [0.4, 0.5) is 5.69 Å². The molecule has 2 rings (SSSR count). The SMILES string of the molecule is Nc1ccc(/C=N\NC(=O)c2ccc(O)cc2)cc1. The van der Waals surface area contributed by atoms with Crippen molar-refractivity contribution in [3.63, 3.8) is 0 Å². The van der Waals surface area contributed by atoms with Crippen molar-refractivity contribution in [1.82, 2.24) is 5.43 Å². The summed E-state index contributed by atoms with van der Waals surface area (Å²) in [6.45, 7) is 0. The average Bonchev–Trinajstić information content (AvgIpc) is 2.41. The van der Waals surface area contributed by atoms with E-state index in [-0.39, 0.29) is 11.7 Å². The predicted octanol–water partition coefficient (Wildman–Crippen LogP) is 1.74. The minimum Gasteiger partial charge on any atom is -0.508 e. The monoisotopic (exact) mass is 255 g/mol. The number of nitrogens with one attached hydrogen (secondary N) is 1. The van der Waals surface area contributed by atoms with Crippen molar-refractivity contribution in [3.8, 4) is 5.75 Å². The van der Waals surface area contributed by atoms with Gasteiger partial charge in [0.15, 0.2) is 0 Å². The summed E-state index contributed by atoms with van der Waals surface area (Å²) in [6, 6.07) is 13.0. The number of hydrazone groups is 1. The fraction of sp³-hybridized carbons (Fsp3) is 0. The topological polar surface area (TPSA) is 87.7 Å². The summed E-state index contributed by atoms with van der Waals surface area (Å²) in [7, 11) is 0. The number of phenolic OH excluding ortho intramolecular Hbond substituents is 1. The van der Waals surface area contributed by atoms with Gasteiger partial charge in [-0.15, -0.1) is 0 Å². The fourth-order valence-electron chi connectivity index (χ4n) is 1.42. The van der Waals surface area contributed by atoms with Gasteiger partial charge in [-0.25, -0.2) is 5.43 Å². The lowest BCUT2D eigenvalue weighted by molar-refractivity contribution is 0.0955. The molecule has 0 bridgehead atoms. The maximum Gasteiger partial charge on any atom is 0.271 e. The molecule has 0 unspecified atom stereocenters. The lowest BCUT2D eigenvalue weighted by atomic mass is 10.2. The molecule has 0 aromatic heterocycles. The molecule has 0 saturated carbocycles. The summed E-state index contributed by atoms with van der Waals surface area (Å²) in [6.07, 6.45) is 1.53. The Balaban J connectivity index is 1.96. The zero-order chi connectivity index (χ0) is 13.7. The number of anilines is 1. The van der Waals surface area contributed by atoms with Gasteiger partial charge in [0.25, 0.3) is 5.91 Å². The third kappa shape index (κ3) is 3.57. The van der Waals surface area contributed by atoms with Gasteiger partial charge >= 0.3 is 0 Å². The summed E-state index contributed by atoms with van der Waals surface area (Å²) in [5.41, 5.74) is 9.88. The van der Waals surface area contributed by atoms with Gasteiger partial charge in [0.2, 0.25) is 0 Å². The van der Waals surface area contributed by atoms with Gasteiger partial charge in [-0.05, 0) is 42.0 Å². The number of aromatic hydroxyl groups is 1. The molecule has 0 aliphatic carbocycles. The van der Waals surface area contributed by atoms with Gasteiger partial charge < -0.3 is 10.8 Å². The molecule has 96 valence electrons. The summed E-state index contributed by atoms with van der Waals surface area (Å²) >= 11 is 0. The number of nitrogens with zero attached hydrogens (tertiary/aromatic N) is 1. The molecule has 5 heteroatoms. The Morgan fingerprint density at radius 2 is 1.74 bits per heavy atom. The number of carbonyl (C=O) groups excluding carboxylic acids is 1. The fourth-order valence-corrected chi connectivity index (χ4v) is 1.42. The molecule has 4 N–H and O–H groups in total. The molecule has 0 heterocycles. The molecule has 0 saturated heterocycles. The largest absolute Gasteiger partial charge is 0.508 e. The Bertz CT molecular complexity index is 589. The highest BCUT2D eigenvalue weighted by atomic mass is 16.3. The number of hydrogen-bond donors (Lipinski definition) is 3. The van der Waals surface area contributed by atoms with Crippen LogP contribution in [0.3, 0.4) is 0 Å². The van der Waals surface area contributed by atoms with Gasteiger partial charge in [-0.3, -0.25) is 4.79 Å². The number of phenols is 1. The van der Waals surface area contributed by atoms with Gasteiger partial charge in [-0.1, -0.05) is 12.1 Å². The van der Waals surface area contributed by atoms with E-state index in [1.54, 1.807) is 24.3 Å². The summed E-state index contributed by atoms with van der Waals surface area (Å²) in [4.78, 5) is 11.7. The third-order valence-corrected chi connectivity index (χ3v) is 2.45. The van der Waals surface area contributed by atoms with E-state index in [0.717, 1.165) is 5.56 Å². The molecule has 2 aromatic rings. The zero-order valence-electron chi connectivity index (χ0n) is 10.1. The van der Waals surface area contributed by atoms with Gasteiger partial charge in [0.1, 0.15) is 5.75 Å². The summed E-state index contributed by atoms with van der Waals surface area (Å²) in [5, 5.41) is 13.0. The highest BCUT2D eigenvalue weighted by Gasteiger charge is 2.02. The van der Waals surface area contributed by atoms with E-state index in [2.05, 4.69) is 10.5 Å². The number of benzene rings is 2. The van der Waals surface area contributed by atoms with Crippen molar-refractivity contribution in [3.05, 3.63) is 59.7 Å². The second-order valence-corrected chi connectivity index (χ2v) is 3.91. The zero-order valence-corrected chi connectivity index (χ0v) is 10.1. The maximum absolute atomic E-state index is 11.7. The second kappa shape index (κ2) is 5.68. The van der Waals surface area contributed by atoms with Crippen LogP contribution in [0.25, 0.3) is 0 Å². The van der Waals surface area contributed by atoms with Crippen molar-refractivity contribution in [2.45, 2.75) is 0 Å². The molecule has 1 amide bonds. The minimum atomic E-state index is -0.341. The molecule has 0 spiro atoms. The first-order valence-corrected chi connectivity index (χ1v) is 5.63. The van der Waals surface area contributed by atoms with E-state index in [9.17, 15) is 4.79 Å². The minimum absolute atomic E-state index is 0.113. The number of nitrogen functional groups attached to an aromatic ring is 1. The van der Waals surface area contributed by atoms with Crippen molar-refractivity contribution >= 4 is 17.8 Å². The first-order chi connectivity index (χ1) is 9.15. The lowest BCUT2D eigenvalue weighted by Gasteiger charge is -2.00. The Kier molecular flexibility index (Phi) is 3.78. The van der Waals surface area contributed by atoms with E-state index >= 15 is 0 Å². The quantitative estimate of drug-likeness (QED) is 0.443. The van der Waals surface area contributed by atoms with Crippen LogP contribution in [-0.2, 0) is 0 Å². The van der Waals surface area contributed by atoms with Gasteiger partial charge in [-0.2, -0.15) is 5.10 Å². The third-order valence-electron chi connectivity index (χ3n) is 2.45. The Labute approximate surface area is 110 Å². The number of amides is 1. The average molecular weight is 255 g/mol. The van der Waals surface area contributed by atoms with Crippen LogP contribution in [0.5, 0.6) is 5.75 Å². The molecule has 0 aliphatic heterocycles. The standard InChI is InChI=1S/C14H13N3O2/c15-12-5-1-10(2-6-12)9-16-17-14(19)11-3-7-13(18)8-4-11/h1-9,18H,15H2,(H,17,19)/b16-9-. The Morgan fingerprint density at radius 1 is 1.11 bits per heavy atom. The van der Waals surface area contributed by atoms with Crippen LogP contribution in [-0.4, -0.2) is 17.2 Å². The number of carbonyl (C=O) groups is 1. The highest BCUT2D eigenvalue weighted by Crippen LogP contribution is 2.09. The van der Waals surface area contributed by atoms with Gasteiger partial charge in [0, 0.05) is 11.3 Å². The lowest BCUT2D eigenvalue weighted by Crippen LogP contribution is -2.17. The van der Waals surface area contributed by atoms with Crippen molar-refractivity contribution < 1.29 is 9.90 Å². The molecule has 2 aromatic carbocycles. The predicted molar refractivity (Wildman–Crippen MR) is 74.0 cm³/mol. The van der Waals surface area contributed by atoms with Crippen molar-refractivity contribution in [2.75, 3.05) is 5.73 Å². The molecule has 0 radical (unpaired) electrons. The smallest absolute Gasteiger partial charge is 0.271 e. The Hall–Kier alpha value is -2.82.